The normalized spacial score (nSPS) is 13.4. The molecule has 3 N–H and O–H groups in total. The topological polar surface area (TPSA) is 107 Å². The van der Waals surface area contributed by atoms with E-state index in [1.807, 2.05) is 25.9 Å². The number of carbonyl (C=O) groups excluding carboxylic acids is 2. The Morgan fingerprint density at radius 3 is 2.62 bits per heavy atom. The average Bonchev–Trinajstić information content (AvgIpc) is 2.77. The molecule has 1 aromatic rings. The number of rotatable bonds is 15. The van der Waals surface area contributed by atoms with Crippen molar-refractivity contribution in [2.75, 3.05) is 46.8 Å². The summed E-state index contributed by atoms with van der Waals surface area (Å²) in [5, 5.41) is 15.1. The number of hydrogen-bond donors (Lipinski definition) is 3. The number of aromatic nitrogens is 1. The maximum absolute atomic E-state index is 12.4. The van der Waals surface area contributed by atoms with E-state index in [4.69, 9.17) is 4.74 Å². The van der Waals surface area contributed by atoms with Gasteiger partial charge in [0.2, 0.25) is 5.91 Å². The molecule has 0 bridgehead atoms. The Hall–Kier alpha value is -2.54. The van der Waals surface area contributed by atoms with Crippen molar-refractivity contribution in [3.8, 4) is 0 Å². The minimum absolute atomic E-state index is 0.00820. The third-order valence-corrected chi connectivity index (χ3v) is 4.80. The lowest BCUT2D eigenvalue weighted by Gasteiger charge is -2.23. The fourth-order valence-electron chi connectivity index (χ4n) is 2.85. The maximum atomic E-state index is 12.4. The number of carbonyl (C=O) groups is 2. The monoisotopic (exact) mass is 489 g/mol. The first-order valence-corrected chi connectivity index (χ1v) is 10.9. The Balaban J connectivity index is 2.54. The van der Waals surface area contributed by atoms with Crippen molar-refractivity contribution in [1.82, 2.24) is 25.4 Å². The summed E-state index contributed by atoms with van der Waals surface area (Å²) >= 11 is 0. The molecule has 9 nitrogen and oxygen atoms in total. The van der Waals surface area contributed by atoms with Crippen molar-refractivity contribution in [2.24, 2.45) is 0 Å². The third-order valence-electron chi connectivity index (χ3n) is 4.80. The molecule has 0 aliphatic heterocycles. The first-order valence-electron chi connectivity index (χ1n) is 10.9. The van der Waals surface area contributed by atoms with Crippen LogP contribution >= 0.6 is 0 Å². The predicted molar refractivity (Wildman–Crippen MR) is 120 cm³/mol. The molecule has 34 heavy (non-hydrogen) atoms. The van der Waals surface area contributed by atoms with Gasteiger partial charge in [-0.3, -0.25) is 14.6 Å². The van der Waals surface area contributed by atoms with Crippen LogP contribution in [0.5, 0.6) is 0 Å². The number of nitrogens with zero attached hydrogens (tertiary/aromatic N) is 3. The number of pyridine rings is 1. The van der Waals surface area contributed by atoms with Crippen LogP contribution in [0.2, 0.25) is 0 Å². The first-order chi connectivity index (χ1) is 16.0. The molecule has 0 aliphatic rings. The van der Waals surface area contributed by atoms with Gasteiger partial charge < -0.3 is 30.3 Å². The quantitative estimate of drug-likeness (QED) is 0.251. The summed E-state index contributed by atoms with van der Waals surface area (Å²) in [5.74, 6) is -2.07. The van der Waals surface area contributed by atoms with E-state index in [1.54, 1.807) is 16.3 Å². The van der Waals surface area contributed by atoms with Crippen molar-refractivity contribution in [2.45, 2.75) is 38.5 Å². The Morgan fingerprint density at radius 1 is 1.32 bits per heavy atom. The van der Waals surface area contributed by atoms with Crippen LogP contribution in [-0.4, -0.2) is 90.8 Å². The minimum Gasteiger partial charge on any atom is -0.364 e. The van der Waals surface area contributed by atoms with E-state index >= 15 is 0 Å². The van der Waals surface area contributed by atoms with Crippen LogP contribution < -0.4 is 10.6 Å². The van der Waals surface area contributed by atoms with Gasteiger partial charge >= 0.3 is 12.1 Å². The first kappa shape index (κ1) is 29.5. The van der Waals surface area contributed by atoms with Gasteiger partial charge in [-0.25, -0.2) is 0 Å². The molecule has 1 aromatic heterocycles. The van der Waals surface area contributed by atoms with Crippen LogP contribution in [-0.2, 0) is 20.9 Å². The van der Waals surface area contributed by atoms with Gasteiger partial charge in [-0.05, 0) is 39.6 Å². The number of amides is 2. The molecular weight excluding hydrogens is 455 g/mol. The highest BCUT2D eigenvalue weighted by atomic mass is 19.4. The SMILES string of the molecule is C=CC(CCNC(=O)C(F)(F)F)OC(O)c1ccnc(CNCC(=O)N(CC)CCN(C)C)c1. The largest absolute Gasteiger partial charge is 0.471 e. The zero-order valence-electron chi connectivity index (χ0n) is 19.8. The summed E-state index contributed by atoms with van der Waals surface area (Å²) in [6.07, 6.45) is -4.34. The predicted octanol–water partition coefficient (Wildman–Crippen LogP) is 1.21. The number of hydrogen-bond acceptors (Lipinski definition) is 7. The molecule has 0 fully saturated rings. The van der Waals surface area contributed by atoms with Crippen molar-refractivity contribution in [3.05, 3.63) is 42.2 Å². The molecule has 192 valence electrons. The molecule has 0 saturated heterocycles. The number of nitrogens with one attached hydrogen (secondary N) is 2. The summed E-state index contributed by atoms with van der Waals surface area (Å²) in [5.41, 5.74) is 0.947. The van der Waals surface area contributed by atoms with E-state index in [2.05, 4.69) is 16.9 Å². The van der Waals surface area contributed by atoms with Crippen LogP contribution in [0.4, 0.5) is 13.2 Å². The fourth-order valence-corrected chi connectivity index (χ4v) is 2.85. The maximum Gasteiger partial charge on any atom is 0.471 e. The third kappa shape index (κ3) is 11.1. The van der Waals surface area contributed by atoms with Crippen LogP contribution in [0.25, 0.3) is 0 Å². The Labute approximate surface area is 198 Å². The van der Waals surface area contributed by atoms with Gasteiger partial charge in [-0.1, -0.05) is 6.08 Å². The smallest absolute Gasteiger partial charge is 0.364 e. The lowest BCUT2D eigenvalue weighted by Crippen LogP contribution is -2.41. The van der Waals surface area contributed by atoms with Gasteiger partial charge in [0.25, 0.3) is 0 Å². The highest BCUT2D eigenvalue weighted by Gasteiger charge is 2.38. The second-order valence-corrected chi connectivity index (χ2v) is 7.77. The molecule has 0 aliphatic carbocycles. The molecule has 0 spiro atoms. The van der Waals surface area contributed by atoms with Gasteiger partial charge in [-0.15, -0.1) is 6.58 Å². The number of halogens is 3. The Morgan fingerprint density at radius 2 is 2.03 bits per heavy atom. The average molecular weight is 490 g/mol. The summed E-state index contributed by atoms with van der Waals surface area (Å²) in [6.45, 7) is 7.58. The van der Waals surface area contributed by atoms with E-state index in [0.717, 1.165) is 6.54 Å². The van der Waals surface area contributed by atoms with Crippen molar-refractivity contribution >= 4 is 11.8 Å². The van der Waals surface area contributed by atoms with E-state index in [1.165, 1.54) is 18.3 Å². The van der Waals surface area contributed by atoms with Gasteiger partial charge in [0.05, 0.1) is 18.3 Å². The van der Waals surface area contributed by atoms with E-state index in [0.29, 0.717) is 24.3 Å². The summed E-state index contributed by atoms with van der Waals surface area (Å²) in [6, 6.07) is 3.13. The van der Waals surface area contributed by atoms with Crippen LogP contribution in [0.1, 0.15) is 30.9 Å². The number of likely N-dealkylation sites (N-methyl/N-ethyl adjacent to an activating group) is 2. The highest BCUT2D eigenvalue weighted by Crippen LogP contribution is 2.19. The zero-order chi connectivity index (χ0) is 25.7. The standard InChI is InChI=1S/C22H34F3N5O4/c1-5-18(8-10-28-21(33)22(23,24)25)34-20(32)16-7-9-27-17(13-16)14-26-15-19(31)30(6-2)12-11-29(3)4/h5,7,9,13,18,20,26,32H,1,6,8,10-12,14-15H2,2-4H3,(H,28,33). The molecular formula is C22H34F3N5O4. The van der Waals surface area contributed by atoms with Gasteiger partial charge in [-0.2, -0.15) is 13.2 Å². The molecule has 2 unspecified atom stereocenters. The van der Waals surface area contributed by atoms with Crippen LogP contribution in [0.3, 0.4) is 0 Å². The van der Waals surface area contributed by atoms with Crippen LogP contribution in [0, 0.1) is 0 Å². The molecule has 2 atom stereocenters. The fraction of sp³-hybridized carbons (Fsp3) is 0.591. The Kier molecular flexibility index (Phi) is 12.7. The summed E-state index contributed by atoms with van der Waals surface area (Å²) < 4.78 is 42.2. The highest BCUT2D eigenvalue weighted by molar-refractivity contribution is 5.81. The lowest BCUT2D eigenvalue weighted by atomic mass is 10.2. The molecule has 0 aromatic carbocycles. The second-order valence-electron chi connectivity index (χ2n) is 7.77. The van der Waals surface area contributed by atoms with Gasteiger partial charge in [0.1, 0.15) is 0 Å². The van der Waals surface area contributed by atoms with Crippen molar-refractivity contribution in [3.63, 3.8) is 0 Å². The van der Waals surface area contributed by atoms with E-state index < -0.39 is 24.5 Å². The molecule has 0 radical (unpaired) electrons. The number of alkyl halides is 3. The van der Waals surface area contributed by atoms with Crippen LogP contribution in [0.15, 0.2) is 31.0 Å². The minimum atomic E-state index is -4.96. The molecule has 1 rings (SSSR count). The number of aliphatic hydroxyl groups excluding tert-OH is 1. The van der Waals surface area contributed by atoms with Gasteiger partial charge in [0.15, 0.2) is 6.29 Å². The molecule has 12 heteroatoms. The van der Waals surface area contributed by atoms with Gasteiger partial charge in [0, 0.05) is 44.5 Å². The summed E-state index contributed by atoms with van der Waals surface area (Å²) in [4.78, 5) is 31.2. The second kappa shape index (κ2) is 14.7. The summed E-state index contributed by atoms with van der Waals surface area (Å²) in [7, 11) is 3.88. The van der Waals surface area contributed by atoms with Crippen molar-refractivity contribution < 1.29 is 32.6 Å². The van der Waals surface area contributed by atoms with E-state index in [9.17, 15) is 27.9 Å². The molecule has 1 heterocycles. The lowest BCUT2D eigenvalue weighted by molar-refractivity contribution is -0.173. The number of aliphatic hydroxyl groups is 1. The Bertz CT molecular complexity index is 792. The van der Waals surface area contributed by atoms with E-state index in [-0.39, 0.29) is 32.0 Å². The zero-order valence-corrected chi connectivity index (χ0v) is 19.8. The molecule has 0 saturated carbocycles. The molecule has 2 amide bonds. The van der Waals surface area contributed by atoms with Crippen molar-refractivity contribution in [1.29, 1.82) is 0 Å². The number of ether oxygens (including phenoxy) is 1.